The van der Waals surface area contributed by atoms with Crippen LogP contribution < -0.4 is 10.1 Å². The van der Waals surface area contributed by atoms with Gasteiger partial charge in [-0.3, -0.25) is 0 Å². The number of ether oxygens (including phenoxy) is 2. The van der Waals surface area contributed by atoms with E-state index in [1.165, 1.54) is 0 Å². The van der Waals surface area contributed by atoms with Crippen LogP contribution in [0.5, 0.6) is 5.75 Å². The van der Waals surface area contributed by atoms with Gasteiger partial charge in [0, 0.05) is 18.8 Å². The SMILES string of the molecule is COc1ccc(NCC2CCCN2C(=O)OC(C)(C)C)cc1. The number of likely N-dealkylation sites (tertiary alicyclic amines) is 1. The first-order valence-electron chi connectivity index (χ1n) is 7.76. The molecule has 5 nitrogen and oxygen atoms in total. The zero-order chi connectivity index (χ0) is 16.2. The van der Waals surface area contributed by atoms with Gasteiger partial charge in [-0.1, -0.05) is 0 Å². The van der Waals surface area contributed by atoms with Crippen molar-refractivity contribution in [1.29, 1.82) is 0 Å². The van der Waals surface area contributed by atoms with Crippen molar-refractivity contribution in [3.63, 3.8) is 0 Å². The molecule has 1 saturated heterocycles. The lowest BCUT2D eigenvalue weighted by molar-refractivity contribution is 0.0235. The Morgan fingerprint density at radius 1 is 1.32 bits per heavy atom. The van der Waals surface area contributed by atoms with Crippen molar-refractivity contribution in [2.24, 2.45) is 0 Å². The summed E-state index contributed by atoms with van der Waals surface area (Å²) >= 11 is 0. The molecule has 0 spiro atoms. The molecule has 0 saturated carbocycles. The topological polar surface area (TPSA) is 50.8 Å². The zero-order valence-corrected chi connectivity index (χ0v) is 13.9. The molecular formula is C17H26N2O3. The van der Waals surface area contributed by atoms with E-state index >= 15 is 0 Å². The van der Waals surface area contributed by atoms with Gasteiger partial charge in [-0.05, 0) is 57.9 Å². The second kappa shape index (κ2) is 6.90. The molecule has 1 aromatic rings. The summed E-state index contributed by atoms with van der Waals surface area (Å²) in [5, 5.41) is 3.38. The van der Waals surface area contributed by atoms with Crippen molar-refractivity contribution in [1.82, 2.24) is 4.90 Å². The summed E-state index contributed by atoms with van der Waals surface area (Å²) in [4.78, 5) is 14.1. The average Bonchev–Trinajstić information content (AvgIpc) is 2.92. The quantitative estimate of drug-likeness (QED) is 0.925. The van der Waals surface area contributed by atoms with E-state index < -0.39 is 5.60 Å². The molecule has 1 fully saturated rings. The van der Waals surface area contributed by atoms with Crippen molar-refractivity contribution in [3.05, 3.63) is 24.3 Å². The first kappa shape index (κ1) is 16.5. The highest BCUT2D eigenvalue weighted by Gasteiger charge is 2.31. The third-order valence-electron chi connectivity index (χ3n) is 3.64. The summed E-state index contributed by atoms with van der Waals surface area (Å²) in [7, 11) is 1.65. The largest absolute Gasteiger partial charge is 0.497 e. The van der Waals surface area contributed by atoms with Crippen LogP contribution in [0, 0.1) is 0 Å². The lowest BCUT2D eigenvalue weighted by Gasteiger charge is -2.29. The van der Waals surface area contributed by atoms with Gasteiger partial charge in [-0.15, -0.1) is 0 Å². The summed E-state index contributed by atoms with van der Waals surface area (Å²) in [5.74, 6) is 0.835. The molecule has 1 amide bonds. The van der Waals surface area contributed by atoms with Gasteiger partial charge in [0.25, 0.3) is 0 Å². The maximum absolute atomic E-state index is 12.2. The number of benzene rings is 1. The van der Waals surface area contributed by atoms with Gasteiger partial charge >= 0.3 is 6.09 Å². The molecule has 0 radical (unpaired) electrons. The van der Waals surface area contributed by atoms with Crippen LogP contribution in [0.2, 0.25) is 0 Å². The molecule has 5 heteroatoms. The number of nitrogens with one attached hydrogen (secondary N) is 1. The van der Waals surface area contributed by atoms with Gasteiger partial charge in [-0.25, -0.2) is 4.79 Å². The average molecular weight is 306 g/mol. The Hall–Kier alpha value is -1.91. The van der Waals surface area contributed by atoms with Crippen molar-refractivity contribution in [3.8, 4) is 5.75 Å². The fourth-order valence-corrected chi connectivity index (χ4v) is 2.55. The molecule has 1 aliphatic rings. The highest BCUT2D eigenvalue weighted by molar-refractivity contribution is 5.69. The fraction of sp³-hybridized carbons (Fsp3) is 0.588. The Morgan fingerprint density at radius 3 is 2.59 bits per heavy atom. The maximum Gasteiger partial charge on any atom is 0.410 e. The summed E-state index contributed by atoms with van der Waals surface area (Å²) in [6, 6.07) is 7.97. The molecule has 0 aliphatic carbocycles. The highest BCUT2D eigenvalue weighted by atomic mass is 16.6. The smallest absolute Gasteiger partial charge is 0.410 e. The third kappa shape index (κ3) is 4.55. The van der Waals surface area contributed by atoms with Crippen LogP contribution in [0.1, 0.15) is 33.6 Å². The van der Waals surface area contributed by atoms with Crippen LogP contribution in [-0.2, 0) is 4.74 Å². The molecule has 1 atom stereocenters. The molecule has 122 valence electrons. The van der Waals surface area contributed by atoms with Crippen LogP contribution in [0.15, 0.2) is 24.3 Å². The number of anilines is 1. The van der Waals surface area contributed by atoms with E-state index in [1.807, 2.05) is 49.9 Å². The second-order valence-electron chi connectivity index (χ2n) is 6.58. The third-order valence-corrected chi connectivity index (χ3v) is 3.64. The summed E-state index contributed by atoms with van der Waals surface area (Å²) in [5.41, 5.74) is 0.574. The number of hydrogen-bond acceptors (Lipinski definition) is 4. The van der Waals surface area contributed by atoms with Crippen molar-refractivity contribution in [2.75, 3.05) is 25.5 Å². The van der Waals surface area contributed by atoms with Crippen LogP contribution >= 0.6 is 0 Å². The Labute approximate surface area is 132 Å². The number of hydrogen-bond donors (Lipinski definition) is 1. The van der Waals surface area contributed by atoms with E-state index in [0.29, 0.717) is 0 Å². The van der Waals surface area contributed by atoms with E-state index in [2.05, 4.69) is 5.32 Å². The number of methoxy groups -OCH3 is 1. The highest BCUT2D eigenvalue weighted by Crippen LogP contribution is 2.22. The number of rotatable bonds is 4. The monoisotopic (exact) mass is 306 g/mol. The molecule has 0 aromatic heterocycles. The molecule has 0 bridgehead atoms. The van der Waals surface area contributed by atoms with Crippen molar-refractivity contribution >= 4 is 11.8 Å². The first-order valence-corrected chi connectivity index (χ1v) is 7.76. The lowest BCUT2D eigenvalue weighted by Crippen LogP contribution is -2.42. The van der Waals surface area contributed by atoms with Gasteiger partial charge in [-0.2, -0.15) is 0 Å². The molecule has 1 aromatic carbocycles. The van der Waals surface area contributed by atoms with Gasteiger partial charge in [0.1, 0.15) is 11.4 Å². The Bertz CT molecular complexity index is 494. The Morgan fingerprint density at radius 2 is 2.00 bits per heavy atom. The van der Waals surface area contributed by atoms with Crippen molar-refractivity contribution in [2.45, 2.75) is 45.3 Å². The Kier molecular flexibility index (Phi) is 5.16. The van der Waals surface area contributed by atoms with E-state index in [1.54, 1.807) is 7.11 Å². The van der Waals surface area contributed by atoms with Crippen molar-refractivity contribution < 1.29 is 14.3 Å². The van der Waals surface area contributed by atoms with Crippen LogP contribution in [0.4, 0.5) is 10.5 Å². The minimum absolute atomic E-state index is 0.178. The normalized spacial score (nSPS) is 18.2. The molecule has 1 heterocycles. The van der Waals surface area contributed by atoms with Gasteiger partial charge < -0.3 is 19.7 Å². The number of amides is 1. The molecule has 1 unspecified atom stereocenters. The summed E-state index contributed by atoms with van der Waals surface area (Å²) in [6.45, 7) is 7.18. The van der Waals surface area contributed by atoms with E-state index in [-0.39, 0.29) is 12.1 Å². The number of carbonyl (C=O) groups is 1. The maximum atomic E-state index is 12.2. The molecule has 1 N–H and O–H groups in total. The van der Waals surface area contributed by atoms with Gasteiger partial charge in [0.2, 0.25) is 0 Å². The van der Waals surface area contributed by atoms with Gasteiger partial charge in [0.15, 0.2) is 0 Å². The minimum Gasteiger partial charge on any atom is -0.497 e. The standard InChI is InChI=1S/C17H26N2O3/c1-17(2,3)22-16(20)19-11-5-6-14(19)12-18-13-7-9-15(21-4)10-8-13/h7-10,14,18H,5-6,11-12H2,1-4H3. The van der Waals surface area contributed by atoms with Crippen LogP contribution in [-0.4, -0.2) is 42.8 Å². The second-order valence-corrected chi connectivity index (χ2v) is 6.58. The predicted molar refractivity (Wildman–Crippen MR) is 87.4 cm³/mol. The van der Waals surface area contributed by atoms with Gasteiger partial charge in [0.05, 0.1) is 13.2 Å². The van der Waals surface area contributed by atoms with E-state index in [9.17, 15) is 4.79 Å². The first-order chi connectivity index (χ1) is 10.4. The van der Waals surface area contributed by atoms with E-state index in [0.717, 1.165) is 37.4 Å². The molecule has 22 heavy (non-hydrogen) atoms. The predicted octanol–water partition coefficient (Wildman–Crippen LogP) is 3.51. The number of nitrogens with zero attached hydrogens (tertiary/aromatic N) is 1. The summed E-state index contributed by atoms with van der Waals surface area (Å²) < 4.78 is 10.6. The van der Waals surface area contributed by atoms with E-state index in [4.69, 9.17) is 9.47 Å². The zero-order valence-electron chi connectivity index (χ0n) is 13.9. The number of carbonyl (C=O) groups excluding carboxylic acids is 1. The lowest BCUT2D eigenvalue weighted by atomic mass is 10.2. The fourth-order valence-electron chi connectivity index (χ4n) is 2.55. The molecule has 2 rings (SSSR count). The molecule has 1 aliphatic heterocycles. The molecular weight excluding hydrogens is 280 g/mol. The minimum atomic E-state index is -0.451. The summed E-state index contributed by atoms with van der Waals surface area (Å²) in [6.07, 6.45) is 1.81. The van der Waals surface area contributed by atoms with Crippen LogP contribution in [0.3, 0.4) is 0 Å². The Balaban J connectivity index is 1.89. The van der Waals surface area contributed by atoms with Crippen LogP contribution in [0.25, 0.3) is 0 Å².